The first-order chi connectivity index (χ1) is 7.34. The van der Waals surface area contributed by atoms with Crippen LogP contribution in [0.5, 0.6) is 0 Å². The fourth-order valence-corrected chi connectivity index (χ4v) is 1.83. The summed E-state index contributed by atoms with van der Waals surface area (Å²) in [6.45, 7) is 4.41. The maximum atomic E-state index is 2.32. The van der Waals surface area contributed by atoms with Gasteiger partial charge in [0.15, 0.2) is 0 Å². The summed E-state index contributed by atoms with van der Waals surface area (Å²) in [6.07, 6.45) is 9.59. The van der Waals surface area contributed by atoms with E-state index in [0.717, 1.165) is 0 Å². The minimum atomic E-state index is 0.705. The van der Waals surface area contributed by atoms with Crippen LogP contribution in [0.15, 0.2) is 42.5 Å². The quantitative estimate of drug-likeness (QED) is 0.453. The molecule has 1 unspecified atom stereocenters. The molecule has 1 rings (SSSR count). The van der Waals surface area contributed by atoms with Gasteiger partial charge in [0.1, 0.15) is 0 Å². The molecule has 1 atom stereocenters. The van der Waals surface area contributed by atoms with Crippen LogP contribution in [0.3, 0.4) is 0 Å². The smallest absolute Gasteiger partial charge is 0.0190 e. The van der Waals surface area contributed by atoms with Gasteiger partial charge >= 0.3 is 0 Å². The van der Waals surface area contributed by atoms with Crippen LogP contribution in [0.1, 0.15) is 51.0 Å². The maximum absolute atomic E-state index is 2.32. The molecule has 0 amide bonds. The first-order valence-electron chi connectivity index (χ1n) is 6.00. The number of unbranched alkanes of at least 4 members (excludes halogenated alkanes) is 2. The van der Waals surface area contributed by atoms with Gasteiger partial charge in [-0.1, -0.05) is 55.8 Å². The van der Waals surface area contributed by atoms with E-state index in [2.05, 4.69) is 56.3 Å². The first kappa shape index (κ1) is 12.0. The molecule has 0 aliphatic rings. The Bertz CT molecular complexity index is 271. The van der Waals surface area contributed by atoms with E-state index in [4.69, 9.17) is 0 Å². The van der Waals surface area contributed by atoms with Crippen LogP contribution in [0.4, 0.5) is 0 Å². The summed E-state index contributed by atoms with van der Waals surface area (Å²) >= 11 is 0. The molecule has 0 aliphatic heterocycles. The van der Waals surface area contributed by atoms with Gasteiger partial charge in [-0.2, -0.15) is 0 Å². The third-order valence-electron chi connectivity index (χ3n) is 2.86. The van der Waals surface area contributed by atoms with E-state index in [1.807, 2.05) is 0 Å². The number of hydrogen-bond donors (Lipinski definition) is 0. The van der Waals surface area contributed by atoms with Crippen molar-refractivity contribution in [2.24, 2.45) is 0 Å². The van der Waals surface area contributed by atoms with E-state index in [-0.39, 0.29) is 0 Å². The predicted molar refractivity (Wildman–Crippen MR) is 68.1 cm³/mol. The van der Waals surface area contributed by atoms with Gasteiger partial charge in [-0.25, -0.2) is 0 Å². The molecule has 0 fully saturated rings. The topological polar surface area (TPSA) is 0 Å². The number of benzene rings is 1. The summed E-state index contributed by atoms with van der Waals surface area (Å²) in [5.41, 5.74) is 1.48. The Hall–Kier alpha value is -1.04. The van der Waals surface area contributed by atoms with Gasteiger partial charge in [0.2, 0.25) is 0 Å². The average Bonchev–Trinajstić information content (AvgIpc) is 2.30. The Morgan fingerprint density at radius 2 is 1.87 bits per heavy atom. The highest BCUT2D eigenvalue weighted by atomic mass is 14.1. The van der Waals surface area contributed by atoms with Crippen molar-refractivity contribution in [1.82, 2.24) is 0 Å². The fourth-order valence-electron chi connectivity index (χ4n) is 1.83. The Morgan fingerprint density at radius 3 is 2.53 bits per heavy atom. The van der Waals surface area contributed by atoms with Gasteiger partial charge in [0.25, 0.3) is 0 Å². The molecule has 1 aromatic rings. The van der Waals surface area contributed by atoms with Gasteiger partial charge in [-0.15, -0.1) is 0 Å². The van der Waals surface area contributed by atoms with E-state index in [1.54, 1.807) is 0 Å². The number of hydrogen-bond acceptors (Lipinski definition) is 0. The standard InChI is InChI=1S/C15H22/c1-3-4-5-6-8-11-14(2)15-12-9-7-10-13-15/h3-4,7,9-10,12-14H,5-6,8,11H2,1-2H3. The fraction of sp³-hybridized carbons (Fsp3) is 0.467. The summed E-state index contributed by atoms with van der Waals surface area (Å²) in [5, 5.41) is 0. The van der Waals surface area contributed by atoms with E-state index in [1.165, 1.54) is 31.2 Å². The second-order valence-electron chi connectivity index (χ2n) is 4.17. The van der Waals surface area contributed by atoms with Crippen LogP contribution in [0.2, 0.25) is 0 Å². The molecule has 82 valence electrons. The second kappa shape index (κ2) is 7.28. The van der Waals surface area contributed by atoms with Crippen LogP contribution in [-0.4, -0.2) is 0 Å². The molecule has 0 aliphatic carbocycles. The highest BCUT2D eigenvalue weighted by Gasteiger charge is 2.03. The first-order valence-corrected chi connectivity index (χ1v) is 6.00. The van der Waals surface area contributed by atoms with Crippen molar-refractivity contribution in [3.8, 4) is 0 Å². The van der Waals surface area contributed by atoms with Crippen molar-refractivity contribution in [2.45, 2.75) is 45.4 Å². The van der Waals surface area contributed by atoms with Gasteiger partial charge in [-0.3, -0.25) is 0 Å². The lowest BCUT2D eigenvalue weighted by atomic mass is 9.95. The molecule has 0 radical (unpaired) electrons. The highest BCUT2D eigenvalue weighted by molar-refractivity contribution is 5.18. The molecule has 15 heavy (non-hydrogen) atoms. The molecule has 0 nitrogen and oxygen atoms in total. The van der Waals surface area contributed by atoms with Crippen LogP contribution in [0, 0.1) is 0 Å². The molecule has 0 bridgehead atoms. The van der Waals surface area contributed by atoms with Crippen molar-refractivity contribution in [2.75, 3.05) is 0 Å². The van der Waals surface area contributed by atoms with Crippen LogP contribution in [-0.2, 0) is 0 Å². The summed E-state index contributed by atoms with van der Waals surface area (Å²) in [4.78, 5) is 0. The Balaban J connectivity index is 2.22. The van der Waals surface area contributed by atoms with E-state index in [9.17, 15) is 0 Å². The van der Waals surface area contributed by atoms with Gasteiger partial charge in [-0.05, 0) is 37.7 Å². The summed E-state index contributed by atoms with van der Waals surface area (Å²) in [5.74, 6) is 0.705. The van der Waals surface area contributed by atoms with Crippen molar-refractivity contribution in [1.29, 1.82) is 0 Å². The van der Waals surface area contributed by atoms with Gasteiger partial charge in [0, 0.05) is 0 Å². The molecular weight excluding hydrogens is 180 g/mol. The molecule has 0 heterocycles. The van der Waals surface area contributed by atoms with Crippen molar-refractivity contribution < 1.29 is 0 Å². The molecule has 1 aromatic carbocycles. The third-order valence-corrected chi connectivity index (χ3v) is 2.86. The molecule has 0 spiro atoms. The minimum absolute atomic E-state index is 0.705. The van der Waals surface area contributed by atoms with Gasteiger partial charge < -0.3 is 0 Å². The largest absolute Gasteiger partial charge is 0.0917 e. The van der Waals surface area contributed by atoms with E-state index in [0.29, 0.717) is 5.92 Å². The highest BCUT2D eigenvalue weighted by Crippen LogP contribution is 2.21. The molecule has 0 aromatic heterocycles. The normalized spacial score (nSPS) is 13.2. The average molecular weight is 202 g/mol. The van der Waals surface area contributed by atoms with Crippen LogP contribution < -0.4 is 0 Å². The van der Waals surface area contributed by atoms with Crippen LogP contribution >= 0.6 is 0 Å². The molecular formula is C15H22. The lowest BCUT2D eigenvalue weighted by Crippen LogP contribution is -1.92. The van der Waals surface area contributed by atoms with E-state index < -0.39 is 0 Å². The summed E-state index contributed by atoms with van der Waals surface area (Å²) in [6, 6.07) is 10.8. The third kappa shape index (κ3) is 4.83. The molecule has 0 N–H and O–H groups in total. The summed E-state index contributed by atoms with van der Waals surface area (Å²) < 4.78 is 0. The number of rotatable bonds is 6. The zero-order valence-corrected chi connectivity index (χ0v) is 9.95. The Kier molecular flexibility index (Phi) is 5.84. The monoisotopic (exact) mass is 202 g/mol. The maximum Gasteiger partial charge on any atom is -0.0190 e. The van der Waals surface area contributed by atoms with Crippen molar-refractivity contribution in [3.05, 3.63) is 48.0 Å². The predicted octanol–water partition coefficient (Wildman–Crippen LogP) is 4.93. The zero-order valence-electron chi connectivity index (χ0n) is 9.95. The Labute approximate surface area is 94.0 Å². The minimum Gasteiger partial charge on any atom is -0.0917 e. The second-order valence-corrected chi connectivity index (χ2v) is 4.17. The molecule has 0 saturated heterocycles. The van der Waals surface area contributed by atoms with Gasteiger partial charge in [0.05, 0.1) is 0 Å². The summed E-state index contributed by atoms with van der Waals surface area (Å²) in [7, 11) is 0. The lowest BCUT2D eigenvalue weighted by molar-refractivity contribution is 0.608. The molecule has 0 heteroatoms. The van der Waals surface area contributed by atoms with E-state index >= 15 is 0 Å². The van der Waals surface area contributed by atoms with Crippen molar-refractivity contribution >= 4 is 0 Å². The Morgan fingerprint density at radius 1 is 1.13 bits per heavy atom. The van der Waals surface area contributed by atoms with Crippen LogP contribution in [0.25, 0.3) is 0 Å². The number of allylic oxidation sites excluding steroid dienone is 2. The SMILES string of the molecule is CC=CCCCCC(C)c1ccccc1. The molecule has 0 saturated carbocycles. The zero-order chi connectivity index (χ0) is 10.9. The lowest BCUT2D eigenvalue weighted by Gasteiger charge is -2.10. The van der Waals surface area contributed by atoms with Crippen molar-refractivity contribution in [3.63, 3.8) is 0 Å².